The normalized spacial score (nSPS) is 11.8. The van der Waals surface area contributed by atoms with Gasteiger partial charge in [0.05, 0.1) is 11.8 Å². The van der Waals surface area contributed by atoms with Gasteiger partial charge in [0.15, 0.2) is 6.29 Å². The van der Waals surface area contributed by atoms with E-state index in [1.807, 2.05) is 0 Å². The summed E-state index contributed by atoms with van der Waals surface area (Å²) >= 11 is 0. The molecule has 1 aromatic rings. The molecule has 0 atom stereocenters. The molecule has 0 aromatic carbocycles. The van der Waals surface area contributed by atoms with Crippen LogP contribution >= 0.6 is 0 Å². The highest BCUT2D eigenvalue weighted by atomic mass is 16.3. The SMILES string of the molecule is C=C/C=C/C=C(\C=O)c1ccco1. The Morgan fingerprint density at radius 3 is 2.85 bits per heavy atom. The van der Waals surface area contributed by atoms with Crippen molar-refractivity contribution in [2.24, 2.45) is 0 Å². The maximum Gasteiger partial charge on any atom is 0.153 e. The van der Waals surface area contributed by atoms with E-state index < -0.39 is 0 Å². The van der Waals surface area contributed by atoms with Gasteiger partial charge in [0.2, 0.25) is 0 Å². The summed E-state index contributed by atoms with van der Waals surface area (Å²) in [5.74, 6) is 0.573. The lowest BCUT2D eigenvalue weighted by Gasteiger charge is -1.90. The summed E-state index contributed by atoms with van der Waals surface area (Å²) in [6.07, 6.45) is 9.08. The standard InChI is InChI=1S/C11H10O2/c1-2-3-4-6-10(9-12)11-7-5-8-13-11/h2-9H,1H2/b4-3+,10-6+. The molecule has 0 aliphatic rings. The molecule has 0 unspecified atom stereocenters. The van der Waals surface area contributed by atoms with E-state index in [2.05, 4.69) is 6.58 Å². The van der Waals surface area contributed by atoms with Crippen LogP contribution in [0.25, 0.3) is 5.57 Å². The Morgan fingerprint density at radius 2 is 2.31 bits per heavy atom. The fourth-order valence-electron chi connectivity index (χ4n) is 0.860. The van der Waals surface area contributed by atoms with Crippen molar-refractivity contribution in [2.45, 2.75) is 0 Å². The Labute approximate surface area is 76.9 Å². The van der Waals surface area contributed by atoms with Crippen LogP contribution in [0.2, 0.25) is 0 Å². The van der Waals surface area contributed by atoms with E-state index in [1.165, 1.54) is 6.26 Å². The van der Waals surface area contributed by atoms with Crippen molar-refractivity contribution in [3.63, 3.8) is 0 Å². The second-order valence-corrected chi connectivity index (χ2v) is 2.34. The molecule has 0 radical (unpaired) electrons. The fourth-order valence-corrected chi connectivity index (χ4v) is 0.860. The highest BCUT2D eigenvalue weighted by Crippen LogP contribution is 2.11. The molecule has 0 aliphatic heterocycles. The molecular weight excluding hydrogens is 164 g/mol. The zero-order chi connectivity index (χ0) is 9.52. The van der Waals surface area contributed by atoms with Crippen molar-refractivity contribution in [3.05, 3.63) is 55.0 Å². The van der Waals surface area contributed by atoms with Crippen LogP contribution in [0.3, 0.4) is 0 Å². The Bertz CT molecular complexity index is 329. The molecule has 0 fully saturated rings. The van der Waals surface area contributed by atoms with Gasteiger partial charge in [-0.05, 0) is 18.2 Å². The summed E-state index contributed by atoms with van der Waals surface area (Å²) in [6, 6.07) is 3.48. The molecule has 1 rings (SSSR count). The predicted molar refractivity (Wildman–Crippen MR) is 52.1 cm³/mol. The van der Waals surface area contributed by atoms with E-state index in [4.69, 9.17) is 4.42 Å². The number of hydrogen-bond acceptors (Lipinski definition) is 2. The second-order valence-electron chi connectivity index (χ2n) is 2.34. The number of furan rings is 1. The molecular formula is C11H10O2. The van der Waals surface area contributed by atoms with Gasteiger partial charge >= 0.3 is 0 Å². The van der Waals surface area contributed by atoms with Crippen molar-refractivity contribution in [3.8, 4) is 0 Å². The Morgan fingerprint density at radius 1 is 1.46 bits per heavy atom. The Hall–Kier alpha value is -1.83. The Kier molecular flexibility index (Phi) is 3.51. The fraction of sp³-hybridized carbons (Fsp3) is 0. The van der Waals surface area contributed by atoms with E-state index in [1.54, 1.807) is 36.4 Å². The van der Waals surface area contributed by atoms with Crippen molar-refractivity contribution >= 4 is 11.9 Å². The van der Waals surface area contributed by atoms with E-state index in [-0.39, 0.29) is 0 Å². The van der Waals surface area contributed by atoms with Gasteiger partial charge in [-0.1, -0.05) is 24.8 Å². The molecule has 1 aromatic heterocycles. The third-order valence-corrected chi connectivity index (χ3v) is 1.46. The first-order valence-electron chi connectivity index (χ1n) is 3.87. The van der Waals surface area contributed by atoms with E-state index in [0.717, 1.165) is 6.29 Å². The van der Waals surface area contributed by atoms with Crippen LogP contribution in [0.15, 0.2) is 53.7 Å². The zero-order valence-corrected chi connectivity index (χ0v) is 7.14. The summed E-state index contributed by atoms with van der Waals surface area (Å²) in [4.78, 5) is 10.6. The summed E-state index contributed by atoms with van der Waals surface area (Å²) in [7, 11) is 0. The number of allylic oxidation sites excluding steroid dienone is 5. The molecule has 0 N–H and O–H groups in total. The maximum atomic E-state index is 10.6. The average molecular weight is 174 g/mol. The van der Waals surface area contributed by atoms with Gasteiger partial charge in [-0.15, -0.1) is 0 Å². The second kappa shape index (κ2) is 4.93. The molecule has 2 nitrogen and oxygen atoms in total. The smallest absolute Gasteiger partial charge is 0.153 e. The van der Waals surface area contributed by atoms with Gasteiger partial charge in [0.25, 0.3) is 0 Å². The first-order chi connectivity index (χ1) is 6.38. The zero-order valence-electron chi connectivity index (χ0n) is 7.14. The van der Waals surface area contributed by atoms with Crippen molar-refractivity contribution in [1.29, 1.82) is 0 Å². The highest BCUT2D eigenvalue weighted by Gasteiger charge is 1.99. The van der Waals surface area contributed by atoms with Gasteiger partial charge in [-0.25, -0.2) is 0 Å². The predicted octanol–water partition coefficient (Wildman–Crippen LogP) is 2.60. The molecule has 0 bridgehead atoms. The van der Waals surface area contributed by atoms with E-state index in [9.17, 15) is 4.79 Å². The lowest BCUT2D eigenvalue weighted by molar-refractivity contribution is -0.103. The van der Waals surface area contributed by atoms with Crippen LogP contribution < -0.4 is 0 Å². The highest BCUT2D eigenvalue weighted by molar-refractivity contribution is 6.06. The first kappa shape index (κ1) is 9.26. The van der Waals surface area contributed by atoms with Gasteiger partial charge in [0.1, 0.15) is 5.76 Å². The minimum Gasteiger partial charge on any atom is -0.464 e. The lowest BCUT2D eigenvalue weighted by atomic mass is 10.2. The van der Waals surface area contributed by atoms with Gasteiger partial charge in [0, 0.05) is 0 Å². The lowest BCUT2D eigenvalue weighted by Crippen LogP contribution is -1.80. The summed E-state index contributed by atoms with van der Waals surface area (Å²) in [5, 5.41) is 0. The van der Waals surface area contributed by atoms with Crippen LogP contribution in [0.4, 0.5) is 0 Å². The quantitative estimate of drug-likeness (QED) is 0.399. The third-order valence-electron chi connectivity index (χ3n) is 1.46. The van der Waals surface area contributed by atoms with Crippen molar-refractivity contribution in [1.82, 2.24) is 0 Å². The Balaban J connectivity index is 2.85. The number of carbonyl (C=O) groups is 1. The monoisotopic (exact) mass is 174 g/mol. The number of carbonyl (C=O) groups excluding carboxylic acids is 1. The summed E-state index contributed by atoms with van der Waals surface area (Å²) in [5.41, 5.74) is 0.517. The maximum absolute atomic E-state index is 10.6. The molecule has 0 saturated carbocycles. The van der Waals surface area contributed by atoms with Gasteiger partial charge < -0.3 is 4.42 Å². The minimum absolute atomic E-state index is 0.517. The molecule has 66 valence electrons. The molecule has 2 heteroatoms. The van der Waals surface area contributed by atoms with Gasteiger partial charge in [-0.2, -0.15) is 0 Å². The van der Waals surface area contributed by atoms with Gasteiger partial charge in [-0.3, -0.25) is 4.79 Å². The average Bonchev–Trinajstić information content (AvgIpc) is 2.65. The van der Waals surface area contributed by atoms with E-state index in [0.29, 0.717) is 11.3 Å². The van der Waals surface area contributed by atoms with Crippen LogP contribution in [0.5, 0.6) is 0 Å². The van der Waals surface area contributed by atoms with E-state index >= 15 is 0 Å². The molecule has 0 aliphatic carbocycles. The molecule has 1 heterocycles. The van der Waals surface area contributed by atoms with Crippen molar-refractivity contribution < 1.29 is 9.21 Å². The number of aldehydes is 1. The summed E-state index contributed by atoms with van der Waals surface area (Å²) in [6.45, 7) is 3.52. The largest absolute Gasteiger partial charge is 0.464 e. The van der Waals surface area contributed by atoms with Crippen LogP contribution in [0.1, 0.15) is 5.76 Å². The first-order valence-corrected chi connectivity index (χ1v) is 3.87. The minimum atomic E-state index is 0.517. The number of rotatable bonds is 4. The topological polar surface area (TPSA) is 30.2 Å². The molecule has 0 saturated heterocycles. The molecule has 0 amide bonds. The number of hydrogen-bond donors (Lipinski definition) is 0. The molecule has 13 heavy (non-hydrogen) atoms. The summed E-state index contributed by atoms with van der Waals surface area (Å²) < 4.78 is 5.06. The van der Waals surface area contributed by atoms with Crippen molar-refractivity contribution in [2.75, 3.05) is 0 Å². The van der Waals surface area contributed by atoms with Crippen LogP contribution in [-0.2, 0) is 4.79 Å². The molecule has 0 spiro atoms. The third kappa shape index (κ3) is 2.60. The van der Waals surface area contributed by atoms with Crippen LogP contribution in [-0.4, -0.2) is 6.29 Å². The van der Waals surface area contributed by atoms with Crippen LogP contribution in [0, 0.1) is 0 Å².